The molecule has 0 saturated heterocycles. The smallest absolute Gasteiger partial charge is 0.234 e. The fourth-order valence-corrected chi connectivity index (χ4v) is 3.49. The Morgan fingerprint density at radius 2 is 1.79 bits per heavy atom. The first-order valence-corrected chi connectivity index (χ1v) is 8.29. The molecule has 2 aromatic carbocycles. The van der Waals surface area contributed by atoms with E-state index >= 15 is 0 Å². The molecule has 4 nitrogen and oxygen atoms in total. The first-order valence-electron chi connectivity index (χ1n) is 7.91. The number of anilines is 1. The minimum Gasteiger partial charge on any atom is -0.493 e. The van der Waals surface area contributed by atoms with Crippen LogP contribution in [0.5, 0.6) is 11.5 Å². The van der Waals surface area contributed by atoms with E-state index in [1.807, 2.05) is 42.2 Å². The number of likely N-dealkylation sites (N-methyl/N-ethyl adjacent to an activating group) is 1. The maximum Gasteiger partial charge on any atom is 0.234 e. The van der Waals surface area contributed by atoms with Crippen LogP contribution in [0.15, 0.2) is 36.4 Å². The zero-order valence-corrected chi connectivity index (χ0v) is 14.8. The van der Waals surface area contributed by atoms with Crippen molar-refractivity contribution in [2.24, 2.45) is 0 Å². The molecule has 24 heavy (non-hydrogen) atoms. The number of amides is 1. The first kappa shape index (κ1) is 16.7. The molecule has 1 unspecified atom stereocenters. The van der Waals surface area contributed by atoms with Crippen molar-refractivity contribution in [2.75, 3.05) is 25.7 Å². The number of carbonyl (C=O) groups is 1. The summed E-state index contributed by atoms with van der Waals surface area (Å²) in [4.78, 5) is 14.6. The average molecular weight is 346 g/mol. The minimum atomic E-state index is -0.225. The highest BCUT2D eigenvalue weighted by Crippen LogP contribution is 2.41. The number of hydrogen-bond donors (Lipinski definition) is 0. The molecule has 1 aliphatic rings. The number of para-hydroxylation sites is 1. The van der Waals surface area contributed by atoms with E-state index in [0.717, 1.165) is 16.8 Å². The van der Waals surface area contributed by atoms with Crippen molar-refractivity contribution in [3.05, 3.63) is 52.5 Å². The van der Waals surface area contributed by atoms with Crippen LogP contribution in [0.3, 0.4) is 0 Å². The van der Waals surface area contributed by atoms with Gasteiger partial charge in [0, 0.05) is 23.3 Å². The van der Waals surface area contributed by atoms with E-state index in [9.17, 15) is 4.79 Å². The summed E-state index contributed by atoms with van der Waals surface area (Å²) in [5.74, 6) is 1.09. The van der Waals surface area contributed by atoms with E-state index in [1.165, 1.54) is 0 Å². The van der Waals surface area contributed by atoms with E-state index in [2.05, 4.69) is 0 Å². The number of carbonyl (C=O) groups excluding carboxylic acids is 1. The molecule has 0 aromatic heterocycles. The number of halogens is 1. The largest absolute Gasteiger partial charge is 0.493 e. The van der Waals surface area contributed by atoms with Crippen LogP contribution in [0.4, 0.5) is 5.69 Å². The van der Waals surface area contributed by atoms with E-state index in [-0.39, 0.29) is 11.8 Å². The lowest BCUT2D eigenvalue weighted by molar-refractivity contribution is -0.119. The van der Waals surface area contributed by atoms with Crippen molar-refractivity contribution in [2.45, 2.75) is 19.3 Å². The van der Waals surface area contributed by atoms with Gasteiger partial charge in [-0.1, -0.05) is 29.8 Å². The molecule has 0 fully saturated rings. The molecule has 126 valence electrons. The minimum absolute atomic E-state index is 0.115. The predicted octanol–water partition coefficient (Wildman–Crippen LogP) is 4.05. The quantitative estimate of drug-likeness (QED) is 0.820. The number of fused-ring (bicyclic) bond motifs is 1. The van der Waals surface area contributed by atoms with Gasteiger partial charge < -0.3 is 14.4 Å². The molecular weight excluding hydrogens is 326 g/mol. The van der Waals surface area contributed by atoms with Gasteiger partial charge in [0.05, 0.1) is 20.1 Å². The molecule has 1 heterocycles. The van der Waals surface area contributed by atoms with E-state index < -0.39 is 0 Å². The third kappa shape index (κ3) is 2.71. The number of ether oxygens (including phenoxy) is 2. The van der Waals surface area contributed by atoms with Crippen LogP contribution >= 0.6 is 11.6 Å². The average Bonchev–Trinajstić information content (AvgIpc) is 2.87. The van der Waals surface area contributed by atoms with Crippen LogP contribution in [-0.2, 0) is 11.2 Å². The Morgan fingerprint density at radius 3 is 2.46 bits per heavy atom. The van der Waals surface area contributed by atoms with Gasteiger partial charge >= 0.3 is 0 Å². The molecular formula is C19H20ClNO3. The Morgan fingerprint density at radius 1 is 1.12 bits per heavy atom. The van der Waals surface area contributed by atoms with Crippen molar-refractivity contribution >= 4 is 23.2 Å². The van der Waals surface area contributed by atoms with Crippen LogP contribution in [0.1, 0.15) is 24.0 Å². The molecule has 5 heteroatoms. The highest BCUT2D eigenvalue weighted by Gasteiger charge is 2.36. The van der Waals surface area contributed by atoms with E-state index in [1.54, 1.807) is 20.3 Å². The Labute approximate surface area is 146 Å². The molecule has 0 aliphatic carbocycles. The Balaban J connectivity index is 1.98. The Hall–Kier alpha value is -2.20. The van der Waals surface area contributed by atoms with Gasteiger partial charge in [-0.15, -0.1) is 0 Å². The van der Waals surface area contributed by atoms with Crippen molar-refractivity contribution in [1.82, 2.24) is 0 Å². The molecule has 1 atom stereocenters. The number of rotatable bonds is 5. The lowest BCUT2D eigenvalue weighted by Gasteiger charge is -2.16. The molecule has 1 amide bonds. The Kier molecular flexibility index (Phi) is 4.67. The summed E-state index contributed by atoms with van der Waals surface area (Å²) in [6, 6.07) is 11.5. The second-order valence-corrected chi connectivity index (χ2v) is 6.10. The van der Waals surface area contributed by atoms with E-state index in [0.29, 0.717) is 29.5 Å². The number of nitrogens with zero attached hydrogens (tertiary/aromatic N) is 1. The van der Waals surface area contributed by atoms with Crippen molar-refractivity contribution in [1.29, 1.82) is 0 Å². The summed E-state index contributed by atoms with van der Waals surface area (Å²) in [5, 5.41) is 0.577. The molecule has 0 bridgehead atoms. The van der Waals surface area contributed by atoms with Crippen LogP contribution < -0.4 is 14.4 Å². The zero-order valence-electron chi connectivity index (χ0n) is 14.0. The molecule has 0 radical (unpaired) electrons. The second kappa shape index (κ2) is 6.73. The van der Waals surface area contributed by atoms with Crippen LogP contribution in [0, 0.1) is 0 Å². The standard InChI is InChI=1S/C19H20ClNO3/c1-4-21-16-8-6-5-7-13(16)14(19(21)22)9-12-10-17(23-2)18(24-3)11-15(12)20/h5-8,10-11,14H,4,9H2,1-3H3. The highest BCUT2D eigenvalue weighted by molar-refractivity contribution is 6.31. The second-order valence-electron chi connectivity index (χ2n) is 5.70. The molecule has 0 spiro atoms. The third-order valence-corrected chi connectivity index (χ3v) is 4.81. The van der Waals surface area contributed by atoms with Crippen LogP contribution in [0.25, 0.3) is 0 Å². The molecule has 0 N–H and O–H groups in total. The highest BCUT2D eigenvalue weighted by atomic mass is 35.5. The van der Waals surface area contributed by atoms with Crippen molar-refractivity contribution in [3.8, 4) is 11.5 Å². The number of hydrogen-bond acceptors (Lipinski definition) is 3. The van der Waals surface area contributed by atoms with Gasteiger partial charge in [0.2, 0.25) is 5.91 Å². The van der Waals surface area contributed by atoms with Crippen molar-refractivity contribution in [3.63, 3.8) is 0 Å². The van der Waals surface area contributed by atoms with Gasteiger partial charge in [0.15, 0.2) is 11.5 Å². The first-order chi connectivity index (χ1) is 11.6. The maximum absolute atomic E-state index is 12.8. The summed E-state index contributed by atoms with van der Waals surface area (Å²) < 4.78 is 10.6. The molecule has 1 aliphatic heterocycles. The lowest BCUT2D eigenvalue weighted by atomic mass is 9.93. The summed E-state index contributed by atoms with van der Waals surface area (Å²) in [7, 11) is 3.16. The molecule has 3 rings (SSSR count). The van der Waals surface area contributed by atoms with Gasteiger partial charge in [-0.2, -0.15) is 0 Å². The van der Waals surface area contributed by atoms with Gasteiger partial charge in [0.25, 0.3) is 0 Å². The van der Waals surface area contributed by atoms with Gasteiger partial charge in [-0.25, -0.2) is 0 Å². The lowest BCUT2D eigenvalue weighted by Crippen LogP contribution is -2.29. The van der Waals surface area contributed by atoms with Gasteiger partial charge in [0.1, 0.15) is 0 Å². The van der Waals surface area contributed by atoms with Crippen molar-refractivity contribution < 1.29 is 14.3 Å². The monoisotopic (exact) mass is 345 g/mol. The SMILES string of the molecule is CCN1C(=O)C(Cc2cc(OC)c(OC)cc2Cl)c2ccccc21. The number of methoxy groups -OCH3 is 2. The summed E-state index contributed by atoms with van der Waals surface area (Å²) in [5.41, 5.74) is 2.92. The third-order valence-electron chi connectivity index (χ3n) is 4.46. The zero-order chi connectivity index (χ0) is 17.3. The van der Waals surface area contributed by atoms with E-state index in [4.69, 9.17) is 21.1 Å². The van der Waals surface area contributed by atoms with Crippen LogP contribution in [-0.4, -0.2) is 26.7 Å². The fraction of sp³-hybridized carbons (Fsp3) is 0.316. The Bertz CT molecular complexity index is 775. The fourth-order valence-electron chi connectivity index (χ4n) is 3.26. The predicted molar refractivity (Wildman–Crippen MR) is 95.5 cm³/mol. The molecule has 0 saturated carbocycles. The summed E-state index contributed by atoms with van der Waals surface area (Å²) >= 11 is 6.40. The van der Waals surface area contributed by atoms with Gasteiger partial charge in [-0.05, 0) is 36.6 Å². The maximum atomic E-state index is 12.8. The molecule has 2 aromatic rings. The number of benzene rings is 2. The normalized spacial score (nSPS) is 16.2. The summed E-state index contributed by atoms with van der Waals surface area (Å²) in [6.07, 6.45) is 0.533. The van der Waals surface area contributed by atoms with Gasteiger partial charge in [-0.3, -0.25) is 4.79 Å². The topological polar surface area (TPSA) is 38.8 Å². The summed E-state index contributed by atoms with van der Waals surface area (Å²) in [6.45, 7) is 2.65. The van der Waals surface area contributed by atoms with Crippen LogP contribution in [0.2, 0.25) is 5.02 Å².